The lowest BCUT2D eigenvalue weighted by atomic mass is 10.0. The van der Waals surface area contributed by atoms with Gasteiger partial charge in [-0.05, 0) is 25.0 Å². The molecule has 0 saturated heterocycles. The Hall–Kier alpha value is -1.18. The van der Waals surface area contributed by atoms with Gasteiger partial charge in [-0.3, -0.25) is 9.59 Å². The Balaban J connectivity index is 4.07. The Kier molecular flexibility index (Phi) is 3.45. The zero-order valence-electron chi connectivity index (χ0n) is 6.94. The van der Waals surface area contributed by atoms with E-state index >= 15 is 0 Å². The van der Waals surface area contributed by atoms with E-state index in [0.29, 0.717) is 17.6 Å². The van der Waals surface area contributed by atoms with Crippen LogP contribution in [0.1, 0.15) is 20.3 Å². The molecule has 0 aromatic heterocycles. The summed E-state index contributed by atoms with van der Waals surface area (Å²) < 4.78 is 0. The molecule has 0 amide bonds. The first-order valence-electron chi connectivity index (χ1n) is 3.32. The molecule has 0 atom stereocenters. The number of rotatable bonds is 4. The summed E-state index contributed by atoms with van der Waals surface area (Å²) in [5.41, 5.74) is 0.871. The van der Waals surface area contributed by atoms with Crippen LogP contribution in [-0.4, -0.2) is 11.6 Å². The number of Topliss-reactive ketones (excluding diaryl/α,β-unsaturated/α-hetero) is 2. The lowest BCUT2D eigenvalue weighted by molar-refractivity contribution is -0.113. The van der Waals surface area contributed by atoms with Crippen molar-refractivity contribution in [3.8, 4) is 0 Å². The third kappa shape index (κ3) is 3.50. The molecule has 0 saturated carbocycles. The van der Waals surface area contributed by atoms with Crippen molar-refractivity contribution < 1.29 is 9.59 Å². The van der Waals surface area contributed by atoms with Crippen LogP contribution in [0.3, 0.4) is 0 Å². The summed E-state index contributed by atoms with van der Waals surface area (Å²) >= 11 is 0. The van der Waals surface area contributed by atoms with Crippen molar-refractivity contribution in [2.24, 2.45) is 0 Å². The molecule has 0 heterocycles. The van der Waals surface area contributed by atoms with Gasteiger partial charge in [-0.2, -0.15) is 0 Å². The van der Waals surface area contributed by atoms with Crippen LogP contribution >= 0.6 is 0 Å². The van der Waals surface area contributed by atoms with Crippen molar-refractivity contribution in [2.75, 3.05) is 0 Å². The van der Waals surface area contributed by atoms with Crippen LogP contribution in [0.25, 0.3) is 0 Å². The zero-order valence-corrected chi connectivity index (χ0v) is 6.94. The molecule has 11 heavy (non-hydrogen) atoms. The van der Waals surface area contributed by atoms with Crippen LogP contribution in [0.5, 0.6) is 0 Å². The maximum absolute atomic E-state index is 10.6. The minimum absolute atomic E-state index is 0.0904. The van der Waals surface area contributed by atoms with Crippen LogP contribution < -0.4 is 0 Å². The maximum atomic E-state index is 10.6. The highest BCUT2D eigenvalue weighted by Crippen LogP contribution is 2.08. The summed E-state index contributed by atoms with van der Waals surface area (Å²) in [5, 5.41) is 0. The van der Waals surface area contributed by atoms with Gasteiger partial charge in [0.1, 0.15) is 0 Å². The molecule has 60 valence electrons. The van der Waals surface area contributed by atoms with Gasteiger partial charge in [0, 0.05) is 6.42 Å². The van der Waals surface area contributed by atoms with Gasteiger partial charge in [0.15, 0.2) is 11.6 Å². The lowest BCUT2D eigenvalue weighted by Gasteiger charge is -2.00. The van der Waals surface area contributed by atoms with E-state index < -0.39 is 0 Å². The minimum atomic E-state index is -0.0904. The van der Waals surface area contributed by atoms with Crippen LogP contribution in [0.15, 0.2) is 24.3 Å². The summed E-state index contributed by atoms with van der Waals surface area (Å²) in [6, 6.07) is 0. The van der Waals surface area contributed by atoms with Crippen LogP contribution in [0, 0.1) is 0 Å². The van der Waals surface area contributed by atoms with E-state index in [-0.39, 0.29) is 11.6 Å². The number of hydrogen-bond donors (Lipinski definition) is 0. The molecule has 2 nitrogen and oxygen atoms in total. The van der Waals surface area contributed by atoms with Gasteiger partial charge in [0.2, 0.25) is 0 Å². The molecule has 0 aliphatic carbocycles. The Morgan fingerprint density at radius 2 is 1.27 bits per heavy atom. The van der Waals surface area contributed by atoms with Crippen molar-refractivity contribution in [1.29, 1.82) is 0 Å². The van der Waals surface area contributed by atoms with E-state index in [9.17, 15) is 9.59 Å². The Morgan fingerprint density at radius 1 is 1.00 bits per heavy atom. The topological polar surface area (TPSA) is 34.1 Å². The molecule has 0 aliphatic heterocycles. The number of ketones is 2. The molecule has 0 rings (SSSR count). The van der Waals surface area contributed by atoms with Gasteiger partial charge in [0.05, 0.1) is 0 Å². The normalized spacial score (nSPS) is 8.91. The Labute approximate surface area is 66.6 Å². The molecule has 0 N–H and O–H groups in total. The van der Waals surface area contributed by atoms with Gasteiger partial charge in [0.25, 0.3) is 0 Å². The SMILES string of the molecule is C=C(CC(=C)C(C)=O)C(C)=O. The molecule has 0 radical (unpaired) electrons. The molecule has 0 fully saturated rings. The fourth-order valence-corrected chi connectivity index (χ4v) is 0.507. The van der Waals surface area contributed by atoms with Crippen LogP contribution in [-0.2, 0) is 9.59 Å². The molecule has 0 aromatic rings. The zero-order chi connectivity index (χ0) is 9.02. The van der Waals surface area contributed by atoms with E-state index in [4.69, 9.17) is 0 Å². The van der Waals surface area contributed by atoms with Crippen molar-refractivity contribution >= 4 is 11.6 Å². The number of carbonyl (C=O) groups excluding carboxylic acids is 2. The van der Waals surface area contributed by atoms with Gasteiger partial charge in [-0.1, -0.05) is 13.2 Å². The third-order valence-electron chi connectivity index (χ3n) is 1.42. The predicted molar refractivity (Wildman–Crippen MR) is 44.3 cm³/mol. The van der Waals surface area contributed by atoms with Crippen molar-refractivity contribution in [3.05, 3.63) is 24.3 Å². The molecule has 0 unspecified atom stereocenters. The summed E-state index contributed by atoms with van der Waals surface area (Å²) in [6.45, 7) is 9.88. The Bertz CT molecular complexity index is 200. The summed E-state index contributed by atoms with van der Waals surface area (Å²) in [7, 11) is 0. The first-order chi connectivity index (χ1) is 4.95. The number of hydrogen-bond acceptors (Lipinski definition) is 2. The predicted octanol–water partition coefficient (Wildman–Crippen LogP) is 1.67. The van der Waals surface area contributed by atoms with E-state index in [2.05, 4.69) is 13.2 Å². The molecule has 0 spiro atoms. The van der Waals surface area contributed by atoms with E-state index in [1.54, 1.807) is 0 Å². The van der Waals surface area contributed by atoms with Crippen molar-refractivity contribution in [2.45, 2.75) is 20.3 Å². The highest BCUT2D eigenvalue weighted by atomic mass is 16.1. The molecule has 2 heteroatoms. The van der Waals surface area contributed by atoms with E-state index in [0.717, 1.165) is 0 Å². The second kappa shape index (κ2) is 3.86. The average molecular weight is 152 g/mol. The van der Waals surface area contributed by atoms with Gasteiger partial charge in [-0.15, -0.1) is 0 Å². The van der Waals surface area contributed by atoms with Gasteiger partial charge < -0.3 is 0 Å². The van der Waals surface area contributed by atoms with Crippen molar-refractivity contribution in [3.63, 3.8) is 0 Å². The second-order valence-corrected chi connectivity index (χ2v) is 2.50. The molecule has 0 bridgehead atoms. The summed E-state index contributed by atoms with van der Waals surface area (Å²) in [5.74, 6) is -0.181. The quantitative estimate of drug-likeness (QED) is 0.574. The standard InChI is InChI=1S/C9H12O2/c1-6(8(3)10)5-7(2)9(4)11/h1-2,5H2,3-4H3. The molecule has 0 aromatic carbocycles. The maximum Gasteiger partial charge on any atom is 0.155 e. The highest BCUT2D eigenvalue weighted by molar-refractivity contribution is 5.98. The molecular weight excluding hydrogens is 140 g/mol. The minimum Gasteiger partial charge on any atom is -0.295 e. The first-order valence-corrected chi connectivity index (χ1v) is 3.32. The largest absolute Gasteiger partial charge is 0.295 e. The monoisotopic (exact) mass is 152 g/mol. The third-order valence-corrected chi connectivity index (χ3v) is 1.42. The fourth-order valence-electron chi connectivity index (χ4n) is 0.507. The first kappa shape index (κ1) is 9.82. The number of carbonyl (C=O) groups is 2. The summed E-state index contributed by atoms with van der Waals surface area (Å²) in [6.07, 6.45) is 0.296. The smallest absolute Gasteiger partial charge is 0.155 e. The molecular formula is C9H12O2. The van der Waals surface area contributed by atoms with Gasteiger partial charge >= 0.3 is 0 Å². The van der Waals surface area contributed by atoms with Crippen LogP contribution in [0.4, 0.5) is 0 Å². The van der Waals surface area contributed by atoms with Crippen LogP contribution in [0.2, 0.25) is 0 Å². The molecule has 0 aliphatic rings. The lowest BCUT2D eigenvalue weighted by Crippen LogP contribution is -2.01. The van der Waals surface area contributed by atoms with Gasteiger partial charge in [-0.25, -0.2) is 0 Å². The highest BCUT2D eigenvalue weighted by Gasteiger charge is 2.05. The van der Waals surface area contributed by atoms with Crippen molar-refractivity contribution in [1.82, 2.24) is 0 Å². The second-order valence-electron chi connectivity index (χ2n) is 2.50. The fraction of sp³-hybridized carbons (Fsp3) is 0.333. The summed E-state index contributed by atoms with van der Waals surface area (Å²) in [4.78, 5) is 21.3. The average Bonchev–Trinajstić information content (AvgIpc) is 1.87. The Morgan fingerprint density at radius 3 is 1.45 bits per heavy atom. The number of allylic oxidation sites excluding steroid dienone is 2. The van der Waals surface area contributed by atoms with E-state index in [1.165, 1.54) is 13.8 Å². The van der Waals surface area contributed by atoms with E-state index in [1.807, 2.05) is 0 Å².